The van der Waals surface area contributed by atoms with E-state index in [0.29, 0.717) is 5.56 Å². The number of carbonyl (C=O) groups is 1. The molecule has 5 heteroatoms. The molecule has 0 saturated carbocycles. The Hall–Kier alpha value is -2.15. The summed E-state index contributed by atoms with van der Waals surface area (Å²) >= 11 is 11.6. The molecule has 2 nitrogen and oxygen atoms in total. The van der Waals surface area contributed by atoms with Crippen molar-refractivity contribution in [3.63, 3.8) is 0 Å². The molecular formula is C16H8Cl2FNO. The van der Waals surface area contributed by atoms with Crippen LogP contribution in [0.1, 0.15) is 21.5 Å². The van der Waals surface area contributed by atoms with Crippen molar-refractivity contribution in [2.75, 3.05) is 0 Å². The van der Waals surface area contributed by atoms with E-state index in [1.54, 1.807) is 30.3 Å². The Balaban J connectivity index is 2.27. The van der Waals surface area contributed by atoms with Crippen LogP contribution in [0.5, 0.6) is 0 Å². The van der Waals surface area contributed by atoms with Crippen molar-refractivity contribution in [3.05, 3.63) is 75.0 Å². The summed E-state index contributed by atoms with van der Waals surface area (Å²) in [5.41, 5.74) is 1.18. The number of halogens is 3. The molecular weight excluding hydrogens is 312 g/mol. The summed E-state index contributed by atoms with van der Waals surface area (Å²) in [5.74, 6) is -1.19. The number of nitrogens with zero attached hydrogens (tertiary/aromatic N) is 1. The average Bonchev–Trinajstić information content (AvgIpc) is 2.50. The van der Waals surface area contributed by atoms with Crippen molar-refractivity contribution < 1.29 is 9.18 Å². The van der Waals surface area contributed by atoms with Gasteiger partial charge in [-0.2, -0.15) is 5.26 Å². The number of hydrogen-bond donors (Lipinski definition) is 0. The predicted molar refractivity (Wildman–Crippen MR) is 80.9 cm³/mol. The Morgan fingerprint density at radius 3 is 2.43 bits per heavy atom. The van der Waals surface area contributed by atoms with Crippen LogP contribution < -0.4 is 0 Å². The molecule has 0 aliphatic heterocycles. The van der Waals surface area contributed by atoms with E-state index < -0.39 is 11.6 Å². The largest absolute Gasteiger partial charge is 0.289 e. The zero-order chi connectivity index (χ0) is 15.4. The number of benzene rings is 2. The van der Waals surface area contributed by atoms with Gasteiger partial charge in [-0.15, -0.1) is 0 Å². The Labute approximate surface area is 131 Å². The fourth-order valence-electron chi connectivity index (χ4n) is 1.68. The normalized spacial score (nSPS) is 10.6. The lowest BCUT2D eigenvalue weighted by Crippen LogP contribution is -1.99. The zero-order valence-corrected chi connectivity index (χ0v) is 12.1. The van der Waals surface area contributed by atoms with Crippen molar-refractivity contribution in [3.8, 4) is 6.07 Å². The number of nitriles is 1. The molecule has 0 unspecified atom stereocenters. The summed E-state index contributed by atoms with van der Waals surface area (Å²) in [5, 5.41) is 8.49. The summed E-state index contributed by atoms with van der Waals surface area (Å²) in [7, 11) is 0. The molecule has 104 valence electrons. The van der Waals surface area contributed by atoms with Gasteiger partial charge in [0.25, 0.3) is 0 Å². The highest BCUT2D eigenvalue weighted by atomic mass is 35.5. The van der Waals surface area contributed by atoms with Gasteiger partial charge in [0, 0.05) is 0 Å². The van der Waals surface area contributed by atoms with Crippen LogP contribution in [0.3, 0.4) is 0 Å². The highest BCUT2D eigenvalue weighted by Gasteiger charge is 2.15. The third-order valence-electron chi connectivity index (χ3n) is 2.76. The van der Waals surface area contributed by atoms with Crippen LogP contribution in [-0.2, 0) is 0 Å². The van der Waals surface area contributed by atoms with E-state index in [9.17, 15) is 9.18 Å². The summed E-state index contributed by atoms with van der Waals surface area (Å²) in [6.45, 7) is 0. The summed E-state index contributed by atoms with van der Waals surface area (Å²) in [4.78, 5) is 12.1. The van der Waals surface area contributed by atoms with Crippen LogP contribution in [0.15, 0.2) is 42.5 Å². The molecule has 0 saturated heterocycles. The van der Waals surface area contributed by atoms with E-state index in [2.05, 4.69) is 0 Å². The first-order valence-corrected chi connectivity index (χ1v) is 6.64. The SMILES string of the molecule is N#Cc1ccc(/C=C/C(=O)c2c(Cl)ccc(F)c2Cl)cc1. The highest BCUT2D eigenvalue weighted by molar-refractivity contribution is 6.40. The molecule has 0 fully saturated rings. The Morgan fingerprint density at radius 2 is 1.81 bits per heavy atom. The monoisotopic (exact) mass is 319 g/mol. The minimum Gasteiger partial charge on any atom is -0.289 e. The number of rotatable bonds is 3. The van der Waals surface area contributed by atoms with Crippen LogP contribution in [0.4, 0.5) is 4.39 Å². The topological polar surface area (TPSA) is 40.9 Å². The average molecular weight is 320 g/mol. The van der Waals surface area contributed by atoms with Crippen molar-refractivity contribution in [2.45, 2.75) is 0 Å². The van der Waals surface area contributed by atoms with Crippen molar-refractivity contribution in [2.24, 2.45) is 0 Å². The van der Waals surface area contributed by atoms with Crippen LogP contribution in [0.25, 0.3) is 6.08 Å². The lowest BCUT2D eigenvalue weighted by atomic mass is 10.1. The molecule has 0 spiro atoms. The predicted octanol–water partition coefficient (Wildman–Crippen LogP) is 4.90. The first-order valence-electron chi connectivity index (χ1n) is 5.89. The Morgan fingerprint density at radius 1 is 1.14 bits per heavy atom. The summed E-state index contributed by atoms with van der Waals surface area (Å²) < 4.78 is 13.4. The molecule has 0 heterocycles. The molecule has 0 N–H and O–H groups in total. The second-order valence-electron chi connectivity index (χ2n) is 4.15. The van der Waals surface area contributed by atoms with Gasteiger partial charge in [0.05, 0.1) is 27.2 Å². The van der Waals surface area contributed by atoms with Gasteiger partial charge >= 0.3 is 0 Å². The highest BCUT2D eigenvalue weighted by Crippen LogP contribution is 2.28. The molecule has 0 aliphatic carbocycles. The van der Waals surface area contributed by atoms with Gasteiger partial charge in [0.15, 0.2) is 5.78 Å². The summed E-state index contributed by atoms with van der Waals surface area (Å²) in [6.07, 6.45) is 2.80. The maximum Gasteiger partial charge on any atom is 0.188 e. The van der Waals surface area contributed by atoms with Crippen LogP contribution in [0, 0.1) is 17.1 Å². The lowest BCUT2D eigenvalue weighted by Gasteiger charge is -2.04. The third kappa shape index (κ3) is 3.49. The van der Waals surface area contributed by atoms with E-state index >= 15 is 0 Å². The molecule has 2 rings (SSSR count). The Kier molecular flexibility index (Phi) is 4.74. The molecule has 2 aromatic carbocycles. The first-order chi connectivity index (χ1) is 10.0. The zero-order valence-electron chi connectivity index (χ0n) is 10.6. The standard InChI is InChI=1S/C16H8Cl2FNO/c17-12-6-7-13(19)16(18)15(12)14(21)8-5-10-1-3-11(9-20)4-2-10/h1-8H/b8-5+. The second kappa shape index (κ2) is 6.53. The maximum atomic E-state index is 13.4. The second-order valence-corrected chi connectivity index (χ2v) is 4.93. The van der Waals surface area contributed by atoms with Gasteiger partial charge in [-0.1, -0.05) is 41.4 Å². The minimum atomic E-state index is -0.698. The van der Waals surface area contributed by atoms with E-state index in [-0.39, 0.29) is 15.6 Å². The molecule has 2 aromatic rings. The summed E-state index contributed by atoms with van der Waals surface area (Å²) in [6, 6.07) is 11.0. The molecule has 0 atom stereocenters. The fraction of sp³-hybridized carbons (Fsp3) is 0. The maximum absolute atomic E-state index is 13.4. The molecule has 0 amide bonds. The van der Waals surface area contributed by atoms with E-state index in [1.165, 1.54) is 12.1 Å². The molecule has 0 radical (unpaired) electrons. The van der Waals surface area contributed by atoms with Crippen molar-refractivity contribution in [1.82, 2.24) is 0 Å². The number of carbonyl (C=O) groups excluding carboxylic acids is 1. The van der Waals surface area contributed by atoms with E-state index in [1.807, 2.05) is 6.07 Å². The van der Waals surface area contributed by atoms with Gasteiger partial charge in [0.2, 0.25) is 0 Å². The first kappa shape index (κ1) is 15.2. The van der Waals surface area contributed by atoms with Gasteiger partial charge in [-0.3, -0.25) is 4.79 Å². The molecule has 0 aliphatic rings. The van der Waals surface area contributed by atoms with Crippen molar-refractivity contribution in [1.29, 1.82) is 5.26 Å². The molecule has 21 heavy (non-hydrogen) atoms. The minimum absolute atomic E-state index is 0.0665. The van der Waals surface area contributed by atoms with Crippen LogP contribution >= 0.6 is 23.2 Å². The lowest BCUT2D eigenvalue weighted by molar-refractivity contribution is 0.104. The number of allylic oxidation sites excluding steroid dienone is 1. The van der Waals surface area contributed by atoms with E-state index in [4.69, 9.17) is 28.5 Å². The third-order valence-corrected chi connectivity index (χ3v) is 3.44. The Bertz CT molecular complexity index is 761. The van der Waals surface area contributed by atoms with Crippen LogP contribution in [-0.4, -0.2) is 5.78 Å². The number of ketones is 1. The van der Waals surface area contributed by atoms with Gasteiger partial charge in [0.1, 0.15) is 5.82 Å². The van der Waals surface area contributed by atoms with Gasteiger partial charge < -0.3 is 0 Å². The van der Waals surface area contributed by atoms with Gasteiger partial charge in [-0.05, 0) is 35.9 Å². The quantitative estimate of drug-likeness (QED) is 0.458. The fourth-order valence-corrected chi connectivity index (χ4v) is 2.23. The van der Waals surface area contributed by atoms with Gasteiger partial charge in [-0.25, -0.2) is 4.39 Å². The smallest absolute Gasteiger partial charge is 0.188 e. The van der Waals surface area contributed by atoms with E-state index in [0.717, 1.165) is 11.6 Å². The number of hydrogen-bond acceptors (Lipinski definition) is 2. The molecule has 0 aromatic heterocycles. The van der Waals surface area contributed by atoms with Crippen molar-refractivity contribution >= 4 is 35.1 Å². The van der Waals surface area contributed by atoms with Crippen LogP contribution in [0.2, 0.25) is 10.0 Å². The molecule has 0 bridgehead atoms.